The lowest BCUT2D eigenvalue weighted by Gasteiger charge is -2.52. The molecule has 3 amide bonds. The van der Waals surface area contributed by atoms with Crippen molar-refractivity contribution in [3.8, 4) is 5.75 Å². The summed E-state index contributed by atoms with van der Waals surface area (Å²) in [4.78, 5) is 84.0. The number of benzene rings is 2. The van der Waals surface area contributed by atoms with Gasteiger partial charge in [-0.3, -0.25) is 28.9 Å². The minimum Gasteiger partial charge on any atom is -0.505 e. The van der Waals surface area contributed by atoms with Crippen LogP contribution in [-0.4, -0.2) is 90.0 Å². The molecule has 2 aromatic carbocycles. The second kappa shape index (κ2) is 11.8. The third-order valence-electron chi connectivity index (χ3n) is 10.00. The van der Waals surface area contributed by atoms with E-state index in [-0.39, 0.29) is 29.5 Å². The fraction of sp³-hybridized carbons (Fsp3) is 0.486. The molecule has 0 saturated heterocycles. The Kier molecular flexibility index (Phi) is 8.54. The van der Waals surface area contributed by atoms with E-state index in [1.807, 2.05) is 39.8 Å². The number of urea groups is 1. The lowest BCUT2D eigenvalue weighted by Crippen LogP contribution is -2.74. The average Bonchev–Trinajstić information content (AvgIpc) is 2.96. The molecule has 0 radical (unpaired) electrons. The molecule has 2 aromatic rings. The summed E-state index contributed by atoms with van der Waals surface area (Å²) in [7, 11) is 6.52. The quantitative estimate of drug-likeness (QED) is 0.234. The largest absolute Gasteiger partial charge is 0.505 e. The molecule has 2 fully saturated rings. The van der Waals surface area contributed by atoms with Crippen LogP contribution in [0.4, 0.5) is 21.9 Å². The van der Waals surface area contributed by atoms with E-state index >= 15 is 0 Å². The Hall–Kier alpha value is -4.62. The van der Waals surface area contributed by atoms with Crippen LogP contribution in [0.2, 0.25) is 0 Å². The Morgan fingerprint density at radius 3 is 2.17 bits per heavy atom. The number of carbonyl (C=O) groups excluding carboxylic acids is 6. The van der Waals surface area contributed by atoms with Gasteiger partial charge in [0.25, 0.3) is 0 Å². The van der Waals surface area contributed by atoms with Crippen LogP contribution in [-0.2, 0) is 31.0 Å². The SMILES string of the molecule is Cc1ccc(NC(=O)Nc2cc(N(C)C)c3c(c2O)C(=O)C2C(=O)[C@@]4(O)C(=O)C(C(N)=O)C(=O)[C@H](N(C)C)[C@H]4C[C@H]2C3)c(C(C)(C)C)c1. The molecule has 2 saturated carbocycles. The molecule has 3 aliphatic rings. The minimum atomic E-state index is -2.83. The van der Waals surface area contributed by atoms with Gasteiger partial charge in [0.15, 0.2) is 34.7 Å². The minimum absolute atomic E-state index is 0.0629. The van der Waals surface area contributed by atoms with Gasteiger partial charge in [-0.1, -0.05) is 38.5 Å². The average molecular weight is 662 g/mol. The van der Waals surface area contributed by atoms with Crippen molar-refractivity contribution >= 4 is 52.1 Å². The molecule has 256 valence electrons. The highest BCUT2D eigenvalue weighted by Crippen LogP contribution is 2.52. The van der Waals surface area contributed by atoms with E-state index in [1.165, 1.54) is 25.1 Å². The summed E-state index contributed by atoms with van der Waals surface area (Å²) in [5, 5.41) is 28.8. The van der Waals surface area contributed by atoms with Crippen LogP contribution in [0.25, 0.3) is 0 Å². The zero-order valence-corrected chi connectivity index (χ0v) is 28.4. The molecule has 0 bridgehead atoms. The second-order valence-corrected chi connectivity index (χ2v) is 14.7. The number of phenols is 1. The number of aliphatic hydroxyl groups is 1. The van der Waals surface area contributed by atoms with Crippen LogP contribution in [0, 0.1) is 30.6 Å². The van der Waals surface area contributed by atoms with Crippen molar-refractivity contribution in [2.75, 3.05) is 43.7 Å². The van der Waals surface area contributed by atoms with E-state index < -0.39 is 76.1 Å². The van der Waals surface area contributed by atoms with Crippen molar-refractivity contribution < 1.29 is 39.0 Å². The molecule has 0 aromatic heterocycles. The highest BCUT2D eigenvalue weighted by molar-refractivity contribution is 6.32. The summed E-state index contributed by atoms with van der Waals surface area (Å²) in [6.45, 7) is 7.99. The van der Waals surface area contributed by atoms with E-state index in [1.54, 1.807) is 25.1 Å². The summed E-state index contributed by atoms with van der Waals surface area (Å²) < 4.78 is 0. The number of phenolic OH excluding ortho intramolecular Hbond substituents is 1. The van der Waals surface area contributed by atoms with Gasteiger partial charge >= 0.3 is 6.03 Å². The molecular formula is C35H43N5O8. The number of fused-ring (bicyclic) bond motifs is 3. The number of hydrogen-bond donors (Lipinski definition) is 5. The Morgan fingerprint density at radius 1 is 0.979 bits per heavy atom. The number of aromatic hydroxyl groups is 1. The predicted octanol–water partition coefficient (Wildman–Crippen LogP) is 2.18. The summed E-state index contributed by atoms with van der Waals surface area (Å²) in [5.41, 5.74) is 5.36. The second-order valence-electron chi connectivity index (χ2n) is 14.7. The van der Waals surface area contributed by atoms with Crippen LogP contribution in [0.5, 0.6) is 5.75 Å². The van der Waals surface area contributed by atoms with Crippen molar-refractivity contribution in [2.45, 2.75) is 57.6 Å². The standard InChI is InChI=1S/C35H43N5O8/c1-15-9-10-20(18(11-15)34(2,3)4)37-33(47)38-21-14-22(39(5)6)17-12-16-13-19-26(40(7)8)29(43)25(32(36)46)31(45)35(19,48)30(44)23(16)28(42)24(17)27(21)41/h9-11,14,16,19,23,25-26,41,48H,12-13H2,1-8H3,(H2,36,46)(H2,37,38,47)/t16-,19-,23?,25?,26-,35-/m1/s1. The van der Waals surface area contributed by atoms with E-state index in [0.717, 1.165) is 11.1 Å². The molecule has 3 aliphatic carbocycles. The fourth-order valence-corrected chi connectivity index (χ4v) is 7.81. The third kappa shape index (κ3) is 5.34. The number of anilines is 3. The molecule has 48 heavy (non-hydrogen) atoms. The number of hydrogen-bond acceptors (Lipinski definition) is 10. The Balaban J connectivity index is 1.56. The van der Waals surface area contributed by atoms with Crippen LogP contribution >= 0.6 is 0 Å². The molecular weight excluding hydrogens is 618 g/mol. The molecule has 0 spiro atoms. The molecule has 0 heterocycles. The van der Waals surface area contributed by atoms with E-state index in [9.17, 15) is 39.0 Å². The maximum absolute atomic E-state index is 14.3. The number of amides is 3. The first-order chi connectivity index (χ1) is 22.2. The first kappa shape index (κ1) is 34.7. The summed E-state index contributed by atoms with van der Waals surface area (Å²) in [6, 6.07) is 5.29. The first-order valence-corrected chi connectivity index (χ1v) is 15.8. The molecule has 2 unspecified atom stereocenters. The molecule has 0 aliphatic heterocycles. The van der Waals surface area contributed by atoms with Crippen molar-refractivity contribution in [3.05, 3.63) is 46.5 Å². The normalized spacial score (nSPS) is 26.8. The van der Waals surface area contributed by atoms with Crippen LogP contribution in [0.1, 0.15) is 54.2 Å². The summed E-state index contributed by atoms with van der Waals surface area (Å²) in [5.74, 6) is -11.5. The fourth-order valence-electron chi connectivity index (χ4n) is 7.81. The number of carbonyl (C=O) groups is 6. The molecule has 6 N–H and O–H groups in total. The Morgan fingerprint density at radius 2 is 1.60 bits per heavy atom. The molecule has 5 rings (SSSR count). The monoisotopic (exact) mass is 661 g/mol. The van der Waals surface area contributed by atoms with Gasteiger partial charge in [-0.15, -0.1) is 0 Å². The van der Waals surface area contributed by atoms with Gasteiger partial charge in [0, 0.05) is 31.4 Å². The van der Waals surface area contributed by atoms with Gasteiger partial charge in [-0.2, -0.15) is 0 Å². The van der Waals surface area contributed by atoms with Gasteiger partial charge in [0.05, 0.1) is 23.2 Å². The van der Waals surface area contributed by atoms with E-state index in [2.05, 4.69) is 10.6 Å². The number of aryl methyl sites for hydroxylation is 1. The van der Waals surface area contributed by atoms with E-state index in [4.69, 9.17) is 5.73 Å². The number of nitrogens with two attached hydrogens (primary N) is 1. The molecule has 6 atom stereocenters. The van der Waals surface area contributed by atoms with Gasteiger partial charge in [-0.25, -0.2) is 4.79 Å². The predicted molar refractivity (Wildman–Crippen MR) is 178 cm³/mol. The number of nitrogens with one attached hydrogen (secondary N) is 2. The maximum atomic E-state index is 14.3. The lowest BCUT2D eigenvalue weighted by atomic mass is 9.52. The third-order valence-corrected chi connectivity index (χ3v) is 10.00. The van der Waals surface area contributed by atoms with Gasteiger partial charge in [-0.05, 0) is 68.5 Å². The van der Waals surface area contributed by atoms with Gasteiger partial charge < -0.3 is 31.5 Å². The zero-order chi connectivity index (χ0) is 35.8. The first-order valence-electron chi connectivity index (χ1n) is 15.8. The van der Waals surface area contributed by atoms with Crippen LogP contribution < -0.4 is 21.3 Å². The van der Waals surface area contributed by atoms with Gasteiger partial charge in [0.1, 0.15) is 5.75 Å². The van der Waals surface area contributed by atoms with Crippen molar-refractivity contribution in [2.24, 2.45) is 29.4 Å². The van der Waals surface area contributed by atoms with Gasteiger partial charge in [0.2, 0.25) is 5.91 Å². The number of nitrogens with zero attached hydrogens (tertiary/aromatic N) is 2. The number of rotatable bonds is 5. The highest BCUT2D eigenvalue weighted by atomic mass is 16.3. The number of Topliss-reactive ketones (excluding diaryl/α,β-unsaturated/α-hetero) is 4. The Labute approximate surface area is 278 Å². The van der Waals surface area contributed by atoms with Crippen molar-refractivity contribution in [1.29, 1.82) is 0 Å². The van der Waals surface area contributed by atoms with Crippen molar-refractivity contribution in [3.63, 3.8) is 0 Å². The molecule has 13 heteroatoms. The molecule has 13 nitrogen and oxygen atoms in total. The van der Waals surface area contributed by atoms with E-state index in [0.29, 0.717) is 16.9 Å². The zero-order valence-electron chi connectivity index (χ0n) is 28.4. The maximum Gasteiger partial charge on any atom is 0.323 e. The topological polar surface area (TPSA) is 199 Å². The number of likely N-dealkylation sites (N-methyl/N-ethyl adjacent to an activating group) is 1. The van der Waals surface area contributed by atoms with Crippen molar-refractivity contribution in [1.82, 2.24) is 4.90 Å². The number of ketones is 4. The Bertz CT molecular complexity index is 1780. The summed E-state index contributed by atoms with van der Waals surface area (Å²) >= 11 is 0. The highest BCUT2D eigenvalue weighted by Gasteiger charge is 2.69. The summed E-state index contributed by atoms with van der Waals surface area (Å²) in [6.07, 6.45) is 0.0320. The smallest absolute Gasteiger partial charge is 0.323 e. The number of primary amides is 1. The van der Waals surface area contributed by atoms with Crippen LogP contribution in [0.15, 0.2) is 24.3 Å². The van der Waals surface area contributed by atoms with Crippen LogP contribution in [0.3, 0.4) is 0 Å². The lowest BCUT2D eigenvalue weighted by molar-refractivity contribution is -0.181.